The number of rotatable bonds is 7. The summed E-state index contributed by atoms with van der Waals surface area (Å²) in [5.74, 6) is 0.468. The second-order valence-corrected chi connectivity index (χ2v) is 4.59. The molecule has 5 nitrogen and oxygen atoms in total. The van der Waals surface area contributed by atoms with Crippen LogP contribution in [0.3, 0.4) is 0 Å². The van der Waals surface area contributed by atoms with Gasteiger partial charge in [0, 0.05) is 6.54 Å². The lowest BCUT2D eigenvalue weighted by Crippen LogP contribution is -2.33. The van der Waals surface area contributed by atoms with Crippen LogP contribution in [0, 0.1) is 0 Å². The van der Waals surface area contributed by atoms with Gasteiger partial charge < -0.3 is 19.9 Å². The molecule has 0 saturated heterocycles. The van der Waals surface area contributed by atoms with E-state index >= 15 is 0 Å². The molecule has 0 unspecified atom stereocenters. The number of carbonyl (C=O) groups is 1. The molecule has 1 rings (SSSR count). The zero-order valence-electron chi connectivity index (χ0n) is 11.8. The van der Waals surface area contributed by atoms with Crippen LogP contribution in [0.5, 0.6) is 11.5 Å². The van der Waals surface area contributed by atoms with E-state index < -0.39 is 12.0 Å². The van der Waals surface area contributed by atoms with Crippen molar-refractivity contribution in [2.75, 3.05) is 7.11 Å². The highest BCUT2D eigenvalue weighted by atomic mass is 16.5. The fraction of sp³-hybridized carbons (Fsp3) is 0.500. The summed E-state index contributed by atoms with van der Waals surface area (Å²) in [6.07, 6.45) is 0.0740. The first-order valence-corrected chi connectivity index (χ1v) is 6.23. The van der Waals surface area contributed by atoms with Crippen LogP contribution in [-0.2, 0) is 11.3 Å². The van der Waals surface area contributed by atoms with Crippen molar-refractivity contribution in [2.45, 2.75) is 39.5 Å². The van der Waals surface area contributed by atoms with Gasteiger partial charge in [0.2, 0.25) is 0 Å². The molecule has 0 spiro atoms. The maximum absolute atomic E-state index is 10.7. The number of methoxy groups -OCH3 is 1. The number of nitrogens with one attached hydrogen (secondary N) is 1. The molecule has 0 aliphatic heterocycles. The summed E-state index contributed by atoms with van der Waals surface area (Å²) in [6, 6.07) is 4.99. The summed E-state index contributed by atoms with van der Waals surface area (Å²) in [7, 11) is 1.58. The van der Waals surface area contributed by atoms with E-state index in [2.05, 4.69) is 5.32 Å². The maximum atomic E-state index is 10.7. The van der Waals surface area contributed by atoms with Crippen molar-refractivity contribution in [3.63, 3.8) is 0 Å². The summed E-state index contributed by atoms with van der Waals surface area (Å²) < 4.78 is 10.9. The quantitative estimate of drug-likeness (QED) is 0.791. The molecule has 1 aromatic carbocycles. The van der Waals surface area contributed by atoms with Crippen molar-refractivity contribution in [3.8, 4) is 11.5 Å². The van der Waals surface area contributed by atoms with Gasteiger partial charge in [0.1, 0.15) is 6.04 Å². The Balaban J connectivity index is 2.73. The minimum Gasteiger partial charge on any atom is -0.493 e. The Labute approximate surface area is 113 Å². The molecular weight excluding hydrogens is 246 g/mol. The van der Waals surface area contributed by atoms with Crippen LogP contribution in [0.4, 0.5) is 0 Å². The standard InChI is InChI=1S/C14H21NO4/c1-9(2)19-12-6-5-11(7-13(12)18-4)8-15-10(3)14(16)17/h5-7,9-10,15H,8H2,1-4H3,(H,16,17)/t10-/m0/s1. The number of hydrogen-bond acceptors (Lipinski definition) is 4. The smallest absolute Gasteiger partial charge is 0.320 e. The van der Waals surface area contributed by atoms with Crippen molar-refractivity contribution >= 4 is 5.97 Å². The fourth-order valence-corrected chi connectivity index (χ4v) is 1.53. The van der Waals surface area contributed by atoms with Crippen molar-refractivity contribution in [1.82, 2.24) is 5.32 Å². The number of aliphatic carboxylic acids is 1. The van der Waals surface area contributed by atoms with Gasteiger partial charge in [0.15, 0.2) is 11.5 Å². The lowest BCUT2D eigenvalue weighted by atomic mass is 10.2. The van der Waals surface area contributed by atoms with E-state index in [1.807, 2.05) is 32.0 Å². The Hall–Kier alpha value is -1.75. The summed E-state index contributed by atoms with van der Waals surface area (Å²) in [5.41, 5.74) is 0.945. The minimum absolute atomic E-state index is 0.0740. The summed E-state index contributed by atoms with van der Waals surface area (Å²) >= 11 is 0. The molecule has 19 heavy (non-hydrogen) atoms. The molecule has 0 fully saturated rings. The van der Waals surface area contributed by atoms with E-state index in [0.717, 1.165) is 5.56 Å². The monoisotopic (exact) mass is 267 g/mol. The van der Waals surface area contributed by atoms with Crippen LogP contribution in [0.25, 0.3) is 0 Å². The molecule has 0 aromatic heterocycles. The predicted molar refractivity (Wildman–Crippen MR) is 72.7 cm³/mol. The Morgan fingerprint density at radius 3 is 2.53 bits per heavy atom. The van der Waals surface area contributed by atoms with E-state index in [9.17, 15) is 4.79 Å². The average molecular weight is 267 g/mol. The maximum Gasteiger partial charge on any atom is 0.320 e. The third-order valence-corrected chi connectivity index (χ3v) is 2.57. The molecule has 5 heteroatoms. The van der Waals surface area contributed by atoms with Gasteiger partial charge in [-0.15, -0.1) is 0 Å². The van der Waals surface area contributed by atoms with E-state index in [1.54, 1.807) is 14.0 Å². The van der Waals surface area contributed by atoms with Gasteiger partial charge in [-0.25, -0.2) is 0 Å². The van der Waals surface area contributed by atoms with Crippen molar-refractivity contribution in [2.24, 2.45) is 0 Å². The third kappa shape index (κ3) is 4.79. The summed E-state index contributed by atoms with van der Waals surface area (Å²) in [5, 5.41) is 11.7. The lowest BCUT2D eigenvalue weighted by molar-refractivity contribution is -0.139. The van der Waals surface area contributed by atoms with Gasteiger partial charge in [-0.05, 0) is 38.5 Å². The third-order valence-electron chi connectivity index (χ3n) is 2.57. The largest absolute Gasteiger partial charge is 0.493 e. The molecule has 2 N–H and O–H groups in total. The topological polar surface area (TPSA) is 67.8 Å². The van der Waals surface area contributed by atoms with Gasteiger partial charge in [0.05, 0.1) is 13.2 Å². The van der Waals surface area contributed by atoms with E-state index in [4.69, 9.17) is 14.6 Å². The predicted octanol–water partition coefficient (Wildman–Crippen LogP) is 2.05. The first-order chi connectivity index (χ1) is 8.93. The number of carboxylic acids is 1. The van der Waals surface area contributed by atoms with Crippen LogP contribution in [0.2, 0.25) is 0 Å². The van der Waals surface area contributed by atoms with E-state index in [1.165, 1.54) is 0 Å². The molecule has 1 aromatic rings. The average Bonchev–Trinajstić information content (AvgIpc) is 2.36. The number of benzene rings is 1. The van der Waals surface area contributed by atoms with Crippen LogP contribution < -0.4 is 14.8 Å². The Bertz CT molecular complexity index is 431. The zero-order chi connectivity index (χ0) is 14.4. The van der Waals surface area contributed by atoms with Crippen molar-refractivity contribution in [1.29, 1.82) is 0 Å². The van der Waals surface area contributed by atoms with Gasteiger partial charge in [0.25, 0.3) is 0 Å². The second-order valence-electron chi connectivity index (χ2n) is 4.59. The molecule has 0 aliphatic carbocycles. The number of hydrogen-bond donors (Lipinski definition) is 2. The van der Waals surface area contributed by atoms with Gasteiger partial charge in [-0.1, -0.05) is 6.07 Å². The van der Waals surface area contributed by atoms with Crippen molar-refractivity contribution < 1.29 is 19.4 Å². The first-order valence-electron chi connectivity index (χ1n) is 6.23. The normalized spacial score (nSPS) is 12.3. The van der Waals surface area contributed by atoms with Crippen LogP contribution in [0.15, 0.2) is 18.2 Å². The van der Waals surface area contributed by atoms with Crippen molar-refractivity contribution in [3.05, 3.63) is 23.8 Å². The molecular formula is C14H21NO4. The lowest BCUT2D eigenvalue weighted by Gasteiger charge is -2.15. The van der Waals surface area contributed by atoms with Crippen LogP contribution in [-0.4, -0.2) is 30.3 Å². The van der Waals surface area contributed by atoms with Crippen LogP contribution >= 0.6 is 0 Å². The zero-order valence-corrected chi connectivity index (χ0v) is 11.8. The van der Waals surface area contributed by atoms with E-state index in [-0.39, 0.29) is 6.10 Å². The first kappa shape index (κ1) is 15.3. The molecule has 106 valence electrons. The summed E-state index contributed by atoms with van der Waals surface area (Å²) in [6.45, 7) is 5.97. The number of carboxylic acid groups (broad SMARTS) is 1. The molecule has 1 atom stereocenters. The Morgan fingerprint density at radius 2 is 2.00 bits per heavy atom. The second kappa shape index (κ2) is 6.99. The van der Waals surface area contributed by atoms with Gasteiger partial charge in [-0.2, -0.15) is 0 Å². The molecule has 0 saturated carbocycles. The molecule has 0 radical (unpaired) electrons. The molecule has 0 heterocycles. The number of ether oxygens (including phenoxy) is 2. The molecule has 0 amide bonds. The molecule has 0 bridgehead atoms. The SMILES string of the molecule is COc1cc(CN[C@@H](C)C(=O)O)ccc1OC(C)C. The van der Waals surface area contributed by atoms with Gasteiger partial charge >= 0.3 is 5.97 Å². The minimum atomic E-state index is -0.869. The Kier molecular flexibility index (Phi) is 5.63. The highest BCUT2D eigenvalue weighted by Crippen LogP contribution is 2.28. The van der Waals surface area contributed by atoms with Gasteiger partial charge in [-0.3, -0.25) is 4.79 Å². The highest BCUT2D eigenvalue weighted by molar-refractivity contribution is 5.72. The van der Waals surface area contributed by atoms with E-state index in [0.29, 0.717) is 18.0 Å². The highest BCUT2D eigenvalue weighted by Gasteiger charge is 2.11. The Morgan fingerprint density at radius 1 is 1.32 bits per heavy atom. The van der Waals surface area contributed by atoms with Crippen LogP contribution in [0.1, 0.15) is 26.3 Å². The fourth-order valence-electron chi connectivity index (χ4n) is 1.53. The summed E-state index contributed by atoms with van der Waals surface area (Å²) in [4.78, 5) is 10.7. The molecule has 0 aliphatic rings.